The quantitative estimate of drug-likeness (QED) is 0.907. The number of hydrogen-bond acceptors (Lipinski definition) is 3. The summed E-state index contributed by atoms with van der Waals surface area (Å²) in [5.74, 6) is 0.0452. The second-order valence-corrected chi connectivity index (χ2v) is 6.38. The van der Waals surface area contributed by atoms with Crippen LogP contribution in [-0.4, -0.2) is 10.9 Å². The van der Waals surface area contributed by atoms with Crippen LogP contribution in [0.25, 0.3) is 11.3 Å². The molecule has 4 heteroatoms. The van der Waals surface area contributed by atoms with E-state index in [0.29, 0.717) is 11.6 Å². The van der Waals surface area contributed by atoms with Crippen molar-refractivity contribution in [3.8, 4) is 11.3 Å². The lowest BCUT2D eigenvalue weighted by Gasteiger charge is -2.16. The van der Waals surface area contributed by atoms with Crippen LogP contribution in [0.1, 0.15) is 43.7 Å². The Labute approximate surface area is 129 Å². The number of benzene rings is 1. The number of carbonyl (C=O) groups excluding carboxylic acids is 1. The molecule has 1 heterocycles. The maximum atomic E-state index is 11.6. The number of fused-ring (bicyclic) bond motifs is 1. The second kappa shape index (κ2) is 6.39. The lowest BCUT2D eigenvalue weighted by atomic mass is 9.90. The summed E-state index contributed by atoms with van der Waals surface area (Å²) in [5, 5.41) is 5.58. The first kappa shape index (κ1) is 14.3. The summed E-state index contributed by atoms with van der Waals surface area (Å²) in [5.41, 5.74) is 5.06. The molecule has 110 valence electrons. The van der Waals surface area contributed by atoms with Crippen molar-refractivity contribution >= 4 is 22.4 Å². The van der Waals surface area contributed by atoms with Gasteiger partial charge in [0.25, 0.3) is 0 Å². The van der Waals surface area contributed by atoms with Crippen molar-refractivity contribution < 1.29 is 4.79 Å². The Morgan fingerprint density at radius 2 is 2.10 bits per heavy atom. The molecule has 3 nitrogen and oxygen atoms in total. The van der Waals surface area contributed by atoms with Crippen molar-refractivity contribution in [1.82, 2.24) is 4.98 Å². The molecule has 0 radical (unpaired) electrons. The van der Waals surface area contributed by atoms with E-state index in [1.54, 1.807) is 0 Å². The highest BCUT2D eigenvalue weighted by Gasteiger charge is 2.12. The van der Waals surface area contributed by atoms with E-state index in [2.05, 4.69) is 28.5 Å². The van der Waals surface area contributed by atoms with Crippen molar-refractivity contribution in [1.29, 1.82) is 0 Å². The Morgan fingerprint density at radius 1 is 1.29 bits per heavy atom. The molecule has 1 aliphatic carbocycles. The first-order valence-corrected chi connectivity index (χ1v) is 8.52. The summed E-state index contributed by atoms with van der Waals surface area (Å²) in [6, 6.07) is 6.65. The first-order chi connectivity index (χ1) is 10.3. The number of rotatable bonds is 4. The molecule has 1 amide bonds. The minimum absolute atomic E-state index is 0.0452. The van der Waals surface area contributed by atoms with Crippen molar-refractivity contribution in [2.24, 2.45) is 0 Å². The molecule has 1 N–H and O–H groups in total. The minimum Gasteiger partial charge on any atom is -0.302 e. The molecule has 1 aromatic carbocycles. The fourth-order valence-corrected chi connectivity index (χ4v) is 3.50. The molecular weight excluding hydrogens is 280 g/mol. The Hall–Kier alpha value is -1.68. The predicted octanol–water partition coefficient (Wildman–Crippen LogP) is 4.43. The summed E-state index contributed by atoms with van der Waals surface area (Å²) in [6.07, 6.45) is 6.36. The van der Waals surface area contributed by atoms with Gasteiger partial charge in [-0.15, -0.1) is 11.3 Å². The van der Waals surface area contributed by atoms with Crippen LogP contribution >= 0.6 is 11.3 Å². The normalized spacial score (nSPS) is 13.8. The predicted molar refractivity (Wildman–Crippen MR) is 87.7 cm³/mol. The van der Waals surface area contributed by atoms with Gasteiger partial charge in [0.2, 0.25) is 5.91 Å². The smallest absolute Gasteiger partial charge is 0.226 e. The largest absolute Gasteiger partial charge is 0.302 e. The zero-order valence-electron chi connectivity index (χ0n) is 12.3. The molecule has 21 heavy (non-hydrogen) atoms. The number of aryl methyl sites for hydroxylation is 2. The van der Waals surface area contributed by atoms with E-state index in [4.69, 9.17) is 0 Å². The minimum atomic E-state index is 0.0452. The van der Waals surface area contributed by atoms with Crippen LogP contribution in [0.4, 0.5) is 5.13 Å². The third-order valence-corrected chi connectivity index (χ3v) is 4.63. The van der Waals surface area contributed by atoms with Gasteiger partial charge < -0.3 is 5.32 Å². The average molecular weight is 300 g/mol. The van der Waals surface area contributed by atoms with Gasteiger partial charge in [0, 0.05) is 17.4 Å². The number of nitrogens with one attached hydrogen (secondary N) is 1. The topological polar surface area (TPSA) is 42.0 Å². The summed E-state index contributed by atoms with van der Waals surface area (Å²) in [4.78, 5) is 16.1. The standard InChI is InChI=1S/C17H20N2OS/c1-2-5-16(20)19-17-18-15(11-21-17)14-9-8-12-6-3-4-7-13(12)10-14/h8-11H,2-7H2,1H3,(H,18,19,20). The van der Waals surface area contributed by atoms with Crippen molar-refractivity contribution in [3.05, 3.63) is 34.7 Å². The highest BCUT2D eigenvalue weighted by molar-refractivity contribution is 7.14. The number of aromatic nitrogens is 1. The molecule has 2 aromatic rings. The van der Waals surface area contributed by atoms with Crippen LogP contribution in [0.3, 0.4) is 0 Å². The van der Waals surface area contributed by atoms with Crippen LogP contribution in [0.5, 0.6) is 0 Å². The summed E-state index contributed by atoms with van der Waals surface area (Å²) in [7, 11) is 0. The molecule has 1 aromatic heterocycles. The lowest BCUT2D eigenvalue weighted by Crippen LogP contribution is -2.10. The van der Waals surface area contributed by atoms with E-state index in [1.165, 1.54) is 48.1 Å². The molecule has 0 atom stereocenters. The summed E-state index contributed by atoms with van der Waals surface area (Å²) in [6.45, 7) is 2.00. The third-order valence-electron chi connectivity index (χ3n) is 3.87. The number of amides is 1. The number of thiazole rings is 1. The van der Waals surface area contributed by atoms with Crippen LogP contribution < -0.4 is 5.32 Å². The fourth-order valence-electron chi connectivity index (χ4n) is 2.77. The summed E-state index contributed by atoms with van der Waals surface area (Å²) >= 11 is 1.49. The SMILES string of the molecule is CCCC(=O)Nc1nc(-c2ccc3c(c2)CCCC3)cs1. The zero-order valence-corrected chi connectivity index (χ0v) is 13.1. The average Bonchev–Trinajstić information content (AvgIpc) is 2.95. The third kappa shape index (κ3) is 3.32. The van der Waals surface area contributed by atoms with E-state index < -0.39 is 0 Å². The number of carbonyl (C=O) groups is 1. The maximum absolute atomic E-state index is 11.6. The van der Waals surface area contributed by atoms with Crippen LogP contribution in [0.2, 0.25) is 0 Å². The Balaban J connectivity index is 1.78. The van der Waals surface area contributed by atoms with Crippen molar-refractivity contribution in [2.45, 2.75) is 45.4 Å². The van der Waals surface area contributed by atoms with Gasteiger partial charge in [0.15, 0.2) is 5.13 Å². The molecule has 0 spiro atoms. The van der Waals surface area contributed by atoms with Gasteiger partial charge >= 0.3 is 0 Å². The van der Waals surface area contributed by atoms with E-state index in [-0.39, 0.29) is 5.91 Å². The fraction of sp³-hybridized carbons (Fsp3) is 0.412. The number of anilines is 1. The molecule has 0 aliphatic heterocycles. The van der Waals surface area contributed by atoms with E-state index >= 15 is 0 Å². The van der Waals surface area contributed by atoms with Gasteiger partial charge in [-0.3, -0.25) is 4.79 Å². The molecule has 0 saturated carbocycles. The molecule has 1 aliphatic rings. The molecule has 0 fully saturated rings. The van der Waals surface area contributed by atoms with Gasteiger partial charge in [0.05, 0.1) is 5.69 Å². The van der Waals surface area contributed by atoms with Crippen molar-refractivity contribution in [2.75, 3.05) is 5.32 Å². The van der Waals surface area contributed by atoms with Gasteiger partial charge in [-0.2, -0.15) is 0 Å². The molecule has 0 bridgehead atoms. The van der Waals surface area contributed by atoms with Gasteiger partial charge in [-0.25, -0.2) is 4.98 Å². The number of hydrogen-bond donors (Lipinski definition) is 1. The molecular formula is C17H20N2OS. The van der Waals surface area contributed by atoms with Gasteiger partial charge in [-0.05, 0) is 49.3 Å². The lowest BCUT2D eigenvalue weighted by molar-refractivity contribution is -0.116. The number of nitrogens with zero attached hydrogens (tertiary/aromatic N) is 1. The summed E-state index contributed by atoms with van der Waals surface area (Å²) < 4.78 is 0. The van der Waals surface area contributed by atoms with Crippen LogP contribution in [0, 0.1) is 0 Å². The van der Waals surface area contributed by atoms with E-state index in [0.717, 1.165) is 17.7 Å². The van der Waals surface area contributed by atoms with Gasteiger partial charge in [-0.1, -0.05) is 19.1 Å². The highest BCUT2D eigenvalue weighted by Crippen LogP contribution is 2.29. The van der Waals surface area contributed by atoms with Crippen LogP contribution in [0.15, 0.2) is 23.6 Å². The molecule has 3 rings (SSSR count). The van der Waals surface area contributed by atoms with Crippen LogP contribution in [-0.2, 0) is 17.6 Å². The Bertz CT molecular complexity index is 648. The van der Waals surface area contributed by atoms with E-state index in [9.17, 15) is 4.79 Å². The second-order valence-electron chi connectivity index (χ2n) is 5.53. The Morgan fingerprint density at radius 3 is 2.90 bits per heavy atom. The first-order valence-electron chi connectivity index (χ1n) is 7.64. The highest BCUT2D eigenvalue weighted by atomic mass is 32.1. The Kier molecular flexibility index (Phi) is 4.34. The maximum Gasteiger partial charge on any atom is 0.226 e. The zero-order chi connectivity index (χ0) is 14.7. The molecule has 0 unspecified atom stereocenters. The monoisotopic (exact) mass is 300 g/mol. The molecule has 0 saturated heterocycles. The van der Waals surface area contributed by atoms with Crippen molar-refractivity contribution in [3.63, 3.8) is 0 Å². The van der Waals surface area contributed by atoms with E-state index in [1.807, 2.05) is 12.3 Å². The van der Waals surface area contributed by atoms with Gasteiger partial charge in [0.1, 0.15) is 0 Å².